The first-order valence-corrected chi connectivity index (χ1v) is 10.3. The number of benzene rings is 1. The molecule has 5 rings (SSSR count). The maximum Gasteiger partial charge on any atom is 0.240 e. The van der Waals surface area contributed by atoms with Crippen LogP contribution in [0.25, 0.3) is 0 Å². The molecule has 3 nitrogen and oxygen atoms in total. The predicted octanol–water partition coefficient (Wildman–Crippen LogP) is 4.28. The molecule has 1 aromatic rings. The number of amides is 1. The van der Waals surface area contributed by atoms with Crippen LogP contribution in [0.3, 0.4) is 0 Å². The average Bonchev–Trinajstić information content (AvgIpc) is 2.56. The lowest BCUT2D eigenvalue weighted by Crippen LogP contribution is -2.60. The molecular weight excluding hydrogens is 354 g/mol. The topological polar surface area (TPSA) is 41.1 Å². The lowest BCUT2D eigenvalue weighted by molar-refractivity contribution is -0.129. The lowest BCUT2D eigenvalue weighted by Gasteiger charge is -2.54. The van der Waals surface area contributed by atoms with E-state index in [4.69, 9.17) is 0 Å². The second-order valence-corrected chi connectivity index (χ2v) is 9.68. The van der Waals surface area contributed by atoms with Crippen molar-refractivity contribution in [3.8, 4) is 0 Å². The number of carbonyl (C=O) groups excluding carboxylic acids is 1. The van der Waals surface area contributed by atoms with Crippen molar-refractivity contribution < 1.29 is 13.6 Å². The molecular formula is C20H26F2N2OS. The van der Waals surface area contributed by atoms with Gasteiger partial charge in [0.25, 0.3) is 0 Å². The summed E-state index contributed by atoms with van der Waals surface area (Å²) in [6.07, 6.45) is 6.39. The third-order valence-electron chi connectivity index (χ3n) is 6.40. The average molecular weight is 381 g/mol. The normalized spacial score (nSPS) is 32.7. The Kier molecular flexibility index (Phi) is 4.76. The van der Waals surface area contributed by atoms with Crippen molar-refractivity contribution >= 4 is 17.9 Å². The van der Waals surface area contributed by atoms with Gasteiger partial charge in [-0.05, 0) is 93.7 Å². The van der Waals surface area contributed by atoms with Crippen LogP contribution >= 0.6 is 11.9 Å². The Hall–Kier alpha value is -1.14. The molecule has 0 radical (unpaired) electrons. The molecule has 0 aliphatic heterocycles. The fourth-order valence-corrected chi connectivity index (χ4v) is 6.03. The Morgan fingerprint density at radius 3 is 2.27 bits per heavy atom. The monoisotopic (exact) mass is 380 g/mol. The highest BCUT2D eigenvalue weighted by Gasteiger charge is 2.49. The van der Waals surface area contributed by atoms with E-state index < -0.39 is 17.2 Å². The van der Waals surface area contributed by atoms with Gasteiger partial charge in [-0.3, -0.25) is 4.79 Å². The van der Waals surface area contributed by atoms with Crippen LogP contribution in [-0.2, 0) is 4.79 Å². The molecule has 142 valence electrons. The van der Waals surface area contributed by atoms with Crippen LogP contribution < -0.4 is 10.0 Å². The van der Waals surface area contributed by atoms with Crippen LogP contribution in [0.5, 0.6) is 0 Å². The molecule has 6 heteroatoms. The van der Waals surface area contributed by atoms with Gasteiger partial charge in [0.2, 0.25) is 5.91 Å². The highest BCUT2D eigenvalue weighted by Crippen LogP contribution is 2.53. The summed E-state index contributed by atoms with van der Waals surface area (Å²) in [5.74, 6) is 1.69. The number of carbonyl (C=O) groups is 1. The zero-order valence-electron chi connectivity index (χ0n) is 15.2. The quantitative estimate of drug-likeness (QED) is 0.749. The minimum absolute atomic E-state index is 0.0509. The summed E-state index contributed by atoms with van der Waals surface area (Å²) in [5.41, 5.74) is -0.847. The molecule has 4 aliphatic carbocycles. The van der Waals surface area contributed by atoms with Crippen LogP contribution in [0.4, 0.5) is 8.78 Å². The number of hydrogen-bond acceptors (Lipinski definition) is 3. The third kappa shape index (κ3) is 3.50. The molecule has 26 heavy (non-hydrogen) atoms. The van der Waals surface area contributed by atoms with Gasteiger partial charge in [-0.2, -0.15) is 0 Å². The SMILES string of the molecule is CC(C)(NSc1ccc(F)cc1F)C(=O)NC1C2CC3CC(C2)CC1C3. The Morgan fingerprint density at radius 2 is 1.69 bits per heavy atom. The first kappa shape index (κ1) is 18.2. The fourth-order valence-electron chi connectivity index (χ4n) is 5.28. The zero-order chi connectivity index (χ0) is 18.5. The first-order chi connectivity index (χ1) is 12.3. The van der Waals surface area contributed by atoms with Crippen molar-refractivity contribution in [2.24, 2.45) is 23.7 Å². The minimum atomic E-state index is -0.847. The summed E-state index contributed by atoms with van der Waals surface area (Å²) >= 11 is 1.03. The van der Waals surface area contributed by atoms with E-state index in [1.54, 1.807) is 13.8 Å². The molecule has 0 heterocycles. The maximum absolute atomic E-state index is 13.8. The molecule has 4 aliphatic rings. The van der Waals surface area contributed by atoms with Crippen molar-refractivity contribution in [2.45, 2.75) is 62.4 Å². The van der Waals surface area contributed by atoms with Crippen molar-refractivity contribution in [2.75, 3.05) is 0 Å². The van der Waals surface area contributed by atoms with Crippen LogP contribution in [0, 0.1) is 35.3 Å². The van der Waals surface area contributed by atoms with E-state index in [1.165, 1.54) is 44.2 Å². The van der Waals surface area contributed by atoms with Crippen molar-refractivity contribution in [1.29, 1.82) is 0 Å². The van der Waals surface area contributed by atoms with Gasteiger partial charge in [-0.15, -0.1) is 0 Å². The number of rotatable bonds is 5. The van der Waals surface area contributed by atoms with E-state index in [0.29, 0.717) is 11.8 Å². The smallest absolute Gasteiger partial charge is 0.240 e. The standard InChI is InChI=1S/C20H26F2N2OS/c1-20(2,24-26-17-4-3-15(21)10-16(17)22)19(25)23-18-13-6-11-5-12(8-13)9-14(18)7-11/h3-4,10-14,18,24H,5-9H2,1-2H3,(H,23,25). The lowest BCUT2D eigenvalue weighted by atomic mass is 9.54. The van der Waals surface area contributed by atoms with E-state index in [9.17, 15) is 13.6 Å². The summed E-state index contributed by atoms with van der Waals surface area (Å²) in [6, 6.07) is 3.73. The van der Waals surface area contributed by atoms with E-state index in [-0.39, 0.29) is 16.8 Å². The van der Waals surface area contributed by atoms with Gasteiger partial charge in [0, 0.05) is 12.1 Å². The van der Waals surface area contributed by atoms with Crippen LogP contribution in [-0.4, -0.2) is 17.5 Å². The first-order valence-electron chi connectivity index (χ1n) is 9.52. The second kappa shape index (κ2) is 6.79. The van der Waals surface area contributed by atoms with Gasteiger partial charge in [0.05, 0.1) is 4.90 Å². The van der Waals surface area contributed by atoms with Gasteiger partial charge < -0.3 is 5.32 Å². The molecule has 4 saturated carbocycles. The van der Waals surface area contributed by atoms with Crippen molar-refractivity contribution in [3.63, 3.8) is 0 Å². The Morgan fingerprint density at radius 1 is 1.08 bits per heavy atom. The number of nitrogens with one attached hydrogen (secondary N) is 2. The molecule has 0 atom stereocenters. The van der Waals surface area contributed by atoms with Crippen LogP contribution in [0.1, 0.15) is 46.0 Å². The van der Waals surface area contributed by atoms with E-state index in [1.807, 2.05) is 0 Å². The predicted molar refractivity (Wildman–Crippen MR) is 98.4 cm³/mol. The molecule has 0 spiro atoms. The molecule has 4 bridgehead atoms. The molecule has 2 N–H and O–H groups in total. The summed E-state index contributed by atoms with van der Waals surface area (Å²) in [4.78, 5) is 13.2. The zero-order valence-corrected chi connectivity index (χ0v) is 16.0. The van der Waals surface area contributed by atoms with Crippen molar-refractivity contribution in [3.05, 3.63) is 29.8 Å². The van der Waals surface area contributed by atoms with E-state index in [0.717, 1.165) is 29.9 Å². The van der Waals surface area contributed by atoms with Gasteiger partial charge in [0.15, 0.2) is 0 Å². The molecule has 1 aromatic carbocycles. The summed E-state index contributed by atoms with van der Waals surface area (Å²) < 4.78 is 29.9. The molecule has 1 amide bonds. The summed E-state index contributed by atoms with van der Waals surface area (Å²) in [5, 5.41) is 3.29. The molecule has 0 aromatic heterocycles. The highest BCUT2D eigenvalue weighted by atomic mass is 32.2. The molecule has 4 fully saturated rings. The summed E-state index contributed by atoms with van der Waals surface area (Å²) in [7, 11) is 0. The third-order valence-corrected chi connectivity index (χ3v) is 7.57. The highest BCUT2D eigenvalue weighted by molar-refractivity contribution is 7.97. The van der Waals surface area contributed by atoms with Gasteiger partial charge in [-0.1, -0.05) is 0 Å². The Bertz CT molecular complexity index is 681. The van der Waals surface area contributed by atoms with E-state index in [2.05, 4.69) is 10.0 Å². The second-order valence-electron chi connectivity index (χ2n) is 8.83. The minimum Gasteiger partial charge on any atom is -0.351 e. The van der Waals surface area contributed by atoms with Crippen LogP contribution in [0.2, 0.25) is 0 Å². The van der Waals surface area contributed by atoms with Crippen LogP contribution in [0.15, 0.2) is 23.1 Å². The Balaban J connectivity index is 1.37. The van der Waals surface area contributed by atoms with Gasteiger partial charge in [-0.25, -0.2) is 13.5 Å². The fraction of sp³-hybridized carbons (Fsp3) is 0.650. The van der Waals surface area contributed by atoms with Gasteiger partial charge >= 0.3 is 0 Å². The number of halogens is 2. The molecule has 0 saturated heterocycles. The van der Waals surface area contributed by atoms with E-state index >= 15 is 0 Å². The largest absolute Gasteiger partial charge is 0.351 e. The van der Waals surface area contributed by atoms with Crippen molar-refractivity contribution in [1.82, 2.24) is 10.0 Å². The molecule has 0 unspecified atom stereocenters. The van der Waals surface area contributed by atoms with Gasteiger partial charge in [0.1, 0.15) is 17.2 Å². The summed E-state index contributed by atoms with van der Waals surface area (Å²) in [6.45, 7) is 3.60. The maximum atomic E-state index is 13.8. The number of hydrogen-bond donors (Lipinski definition) is 2. The Labute approximate surface area is 157 Å².